The molecule has 0 aliphatic heterocycles. The van der Waals surface area contributed by atoms with E-state index >= 15 is 0 Å². The van der Waals surface area contributed by atoms with Gasteiger partial charge >= 0.3 is 5.97 Å². The highest BCUT2D eigenvalue weighted by molar-refractivity contribution is 6.05. The molecule has 2 aromatic heterocycles. The van der Waals surface area contributed by atoms with Crippen molar-refractivity contribution in [1.82, 2.24) is 9.97 Å². The highest BCUT2D eigenvalue weighted by Crippen LogP contribution is 2.43. The summed E-state index contributed by atoms with van der Waals surface area (Å²) in [5, 5.41) is 4.43. The number of nitrogens with zero attached hydrogens (tertiary/aromatic N) is 2. The summed E-state index contributed by atoms with van der Waals surface area (Å²) in [6, 6.07) is 18.0. The summed E-state index contributed by atoms with van der Waals surface area (Å²) in [5.74, 6) is 1.88. The first-order valence-electron chi connectivity index (χ1n) is 12.9. The lowest BCUT2D eigenvalue weighted by Crippen LogP contribution is -2.28. The molecule has 4 aromatic rings. The van der Waals surface area contributed by atoms with E-state index in [1.54, 1.807) is 7.11 Å². The predicted octanol–water partition coefficient (Wildman–Crippen LogP) is 6.26. The van der Waals surface area contributed by atoms with Gasteiger partial charge in [0.2, 0.25) is 5.71 Å². The van der Waals surface area contributed by atoms with Crippen molar-refractivity contribution in [2.45, 2.75) is 57.8 Å². The van der Waals surface area contributed by atoms with Crippen molar-refractivity contribution in [3.05, 3.63) is 60.9 Å². The third kappa shape index (κ3) is 5.81. The number of fused-ring (bicyclic) bond motifs is 1. The molecule has 2 heterocycles. The van der Waals surface area contributed by atoms with Crippen molar-refractivity contribution in [2.75, 3.05) is 19.0 Å². The summed E-state index contributed by atoms with van der Waals surface area (Å²) in [6.45, 7) is 5.50. The van der Waals surface area contributed by atoms with Gasteiger partial charge in [-0.25, -0.2) is 14.8 Å². The van der Waals surface area contributed by atoms with Gasteiger partial charge < -0.3 is 23.9 Å². The quantitative estimate of drug-likeness (QED) is 0.275. The minimum Gasteiger partial charge on any atom is -0.497 e. The minimum atomic E-state index is -0.524. The second kappa shape index (κ2) is 10.8. The normalized spacial score (nSPS) is 17.5. The maximum Gasteiger partial charge on any atom is 0.332 e. The highest BCUT2D eigenvalue weighted by atomic mass is 16.6. The van der Waals surface area contributed by atoms with Crippen LogP contribution in [0, 0.1) is 0 Å². The fourth-order valence-corrected chi connectivity index (χ4v) is 4.84. The summed E-state index contributed by atoms with van der Waals surface area (Å²) >= 11 is 0. The molecule has 2 aromatic carbocycles. The van der Waals surface area contributed by atoms with Crippen LogP contribution in [0.1, 0.15) is 40.0 Å². The van der Waals surface area contributed by atoms with Gasteiger partial charge in [-0.2, -0.15) is 0 Å². The molecule has 8 nitrogen and oxygen atoms in total. The van der Waals surface area contributed by atoms with Crippen LogP contribution in [0.4, 0.5) is 5.82 Å². The van der Waals surface area contributed by atoms with Crippen LogP contribution in [-0.2, 0) is 14.3 Å². The fourth-order valence-electron chi connectivity index (χ4n) is 4.84. The summed E-state index contributed by atoms with van der Waals surface area (Å²) in [7, 11) is 1.65. The summed E-state index contributed by atoms with van der Waals surface area (Å²) in [5.41, 5.74) is 2.85. The lowest BCUT2D eigenvalue weighted by Gasteiger charge is -2.20. The Hall–Kier alpha value is -3.91. The van der Waals surface area contributed by atoms with Crippen molar-refractivity contribution < 1.29 is 23.4 Å². The van der Waals surface area contributed by atoms with Gasteiger partial charge in [0.1, 0.15) is 35.9 Å². The zero-order valence-corrected chi connectivity index (χ0v) is 22.2. The number of carbonyl (C=O) groups is 1. The van der Waals surface area contributed by atoms with E-state index in [2.05, 4.69) is 15.3 Å². The van der Waals surface area contributed by atoms with Gasteiger partial charge in [0.15, 0.2) is 0 Å². The molecule has 0 bridgehead atoms. The molecular formula is C30H33N3O5. The molecule has 1 fully saturated rings. The zero-order chi connectivity index (χ0) is 26.7. The monoisotopic (exact) mass is 515 g/mol. The van der Waals surface area contributed by atoms with E-state index in [-0.39, 0.29) is 24.7 Å². The number of carbonyl (C=O) groups excluding carboxylic acids is 1. The van der Waals surface area contributed by atoms with E-state index in [4.69, 9.17) is 18.6 Å². The van der Waals surface area contributed by atoms with Crippen LogP contribution in [0.15, 0.2) is 65.3 Å². The number of ether oxygens (including phenoxy) is 3. The van der Waals surface area contributed by atoms with Crippen molar-refractivity contribution in [3.63, 3.8) is 0 Å². The molecule has 1 aliphatic rings. The molecule has 1 aliphatic carbocycles. The second-order valence-corrected chi connectivity index (χ2v) is 10.5. The molecule has 38 heavy (non-hydrogen) atoms. The number of hydrogen-bond donors (Lipinski definition) is 1. The van der Waals surface area contributed by atoms with Crippen LogP contribution < -0.4 is 10.1 Å². The lowest BCUT2D eigenvalue weighted by molar-refractivity contribution is -0.162. The molecule has 2 atom stereocenters. The number of rotatable bonds is 8. The Morgan fingerprint density at radius 2 is 1.79 bits per heavy atom. The third-order valence-corrected chi connectivity index (χ3v) is 6.49. The predicted molar refractivity (Wildman–Crippen MR) is 146 cm³/mol. The molecule has 0 radical (unpaired) electrons. The van der Waals surface area contributed by atoms with E-state index in [1.807, 2.05) is 75.4 Å². The Morgan fingerprint density at radius 3 is 2.50 bits per heavy atom. The molecule has 1 unspecified atom stereocenters. The van der Waals surface area contributed by atoms with Crippen LogP contribution in [0.5, 0.6) is 5.75 Å². The number of benzene rings is 2. The van der Waals surface area contributed by atoms with Crippen molar-refractivity contribution in [1.29, 1.82) is 0 Å². The molecule has 8 heteroatoms. The molecule has 1 N–H and O–H groups in total. The molecule has 5 rings (SSSR count). The van der Waals surface area contributed by atoms with Crippen LogP contribution in [-0.4, -0.2) is 47.4 Å². The Labute approximate surface area is 222 Å². The van der Waals surface area contributed by atoms with Gasteiger partial charge in [-0.05, 0) is 57.7 Å². The van der Waals surface area contributed by atoms with Crippen LogP contribution in [0.25, 0.3) is 33.6 Å². The molecule has 0 saturated heterocycles. The maximum atomic E-state index is 12.1. The Balaban J connectivity index is 1.42. The number of furan rings is 1. The number of anilines is 1. The van der Waals surface area contributed by atoms with Gasteiger partial charge in [-0.3, -0.25) is 0 Å². The smallest absolute Gasteiger partial charge is 0.332 e. The molecule has 198 valence electrons. The topological polar surface area (TPSA) is 95.7 Å². The number of nitrogens with one attached hydrogen (secondary N) is 1. The highest BCUT2D eigenvalue weighted by Gasteiger charge is 2.29. The standard InChI is InChI=1S/C30H33N3O5/c1-30(2,3)38-24(34)17-36-23-15-12-21(16-23)33-28-26-25(19-10-13-22(35-4)14-11-19)27(20-8-6-5-7-9-20)37-29(26)32-18-31-28/h5-11,13-14,18,21,23H,12,15-17H2,1-4H3,(H,31,32,33)/t21-,23?/m1/s1. The molecule has 0 spiro atoms. The largest absolute Gasteiger partial charge is 0.497 e. The fraction of sp³-hybridized carbons (Fsp3) is 0.367. The third-order valence-electron chi connectivity index (χ3n) is 6.49. The van der Waals surface area contributed by atoms with E-state index in [1.165, 1.54) is 6.33 Å². The number of hydrogen-bond acceptors (Lipinski definition) is 8. The summed E-state index contributed by atoms with van der Waals surface area (Å²) in [4.78, 5) is 21.1. The van der Waals surface area contributed by atoms with Crippen molar-refractivity contribution in [3.8, 4) is 28.2 Å². The maximum absolute atomic E-state index is 12.1. The SMILES string of the molecule is COc1ccc(-c2c(-c3ccccc3)oc3ncnc(N[C@@H]4CCC(OCC(=O)OC(C)(C)C)C4)c23)cc1. The first kappa shape index (κ1) is 25.7. The second-order valence-electron chi connectivity index (χ2n) is 10.5. The lowest BCUT2D eigenvalue weighted by atomic mass is 9.99. The number of methoxy groups -OCH3 is 1. The van der Waals surface area contributed by atoms with Gasteiger partial charge in [0, 0.05) is 17.2 Å². The van der Waals surface area contributed by atoms with Crippen molar-refractivity contribution >= 4 is 22.9 Å². The Morgan fingerprint density at radius 1 is 1.03 bits per heavy atom. The van der Waals surface area contributed by atoms with Crippen molar-refractivity contribution in [2.24, 2.45) is 0 Å². The molecular weight excluding hydrogens is 482 g/mol. The van der Waals surface area contributed by atoms with E-state index < -0.39 is 5.60 Å². The zero-order valence-electron chi connectivity index (χ0n) is 22.2. The minimum absolute atomic E-state index is 0.0253. The van der Waals surface area contributed by atoms with E-state index in [0.717, 1.165) is 52.8 Å². The molecule has 0 amide bonds. The van der Waals surface area contributed by atoms with Gasteiger partial charge in [-0.15, -0.1) is 0 Å². The number of aromatic nitrogens is 2. The van der Waals surface area contributed by atoms with Gasteiger partial charge in [0.05, 0.1) is 18.6 Å². The van der Waals surface area contributed by atoms with Crippen LogP contribution in [0.3, 0.4) is 0 Å². The average Bonchev–Trinajstić information content (AvgIpc) is 3.52. The van der Waals surface area contributed by atoms with Crippen LogP contribution >= 0.6 is 0 Å². The Kier molecular flexibility index (Phi) is 7.33. The van der Waals surface area contributed by atoms with Crippen LogP contribution in [0.2, 0.25) is 0 Å². The first-order chi connectivity index (χ1) is 18.3. The Bertz CT molecular complexity index is 1390. The summed E-state index contributed by atoms with van der Waals surface area (Å²) < 4.78 is 22.9. The van der Waals surface area contributed by atoms with Gasteiger partial charge in [-0.1, -0.05) is 42.5 Å². The average molecular weight is 516 g/mol. The van der Waals surface area contributed by atoms with E-state index in [0.29, 0.717) is 11.5 Å². The number of esters is 1. The molecule has 1 saturated carbocycles. The summed E-state index contributed by atoms with van der Waals surface area (Å²) in [6.07, 6.45) is 4.00. The van der Waals surface area contributed by atoms with E-state index in [9.17, 15) is 4.79 Å². The first-order valence-corrected chi connectivity index (χ1v) is 12.9. The van der Waals surface area contributed by atoms with Gasteiger partial charge in [0.25, 0.3) is 0 Å².